The van der Waals surface area contributed by atoms with Crippen LogP contribution >= 0.6 is 22.6 Å². The molecular formula is C21H25IOSi. The Hall–Kier alpha value is -1.17. The lowest BCUT2D eigenvalue weighted by atomic mass is 10.1. The second kappa shape index (κ2) is 9.96. The average molecular weight is 448 g/mol. The molecule has 126 valence electrons. The summed E-state index contributed by atoms with van der Waals surface area (Å²) in [7, 11) is -2.31. The van der Waals surface area contributed by atoms with Crippen molar-refractivity contribution in [1.82, 2.24) is 0 Å². The summed E-state index contributed by atoms with van der Waals surface area (Å²) < 4.78 is 7.72. The van der Waals surface area contributed by atoms with Crippen LogP contribution in [0.25, 0.3) is 0 Å². The normalized spacial score (nSPS) is 12.5. The van der Waals surface area contributed by atoms with Crippen LogP contribution in [0.1, 0.15) is 6.42 Å². The minimum atomic E-state index is -2.31. The second-order valence-electron chi connectivity index (χ2n) is 5.91. The van der Waals surface area contributed by atoms with Crippen LogP contribution in [-0.4, -0.2) is 19.4 Å². The molecule has 0 aromatic heterocycles. The van der Waals surface area contributed by atoms with Crippen molar-refractivity contribution in [3.05, 3.63) is 86.0 Å². The van der Waals surface area contributed by atoms with Crippen LogP contribution in [-0.2, 0) is 4.43 Å². The zero-order valence-electron chi connectivity index (χ0n) is 14.0. The average Bonchev–Trinajstić information content (AvgIpc) is 2.66. The van der Waals surface area contributed by atoms with E-state index in [2.05, 4.69) is 96.4 Å². The highest BCUT2D eigenvalue weighted by atomic mass is 127. The molecule has 1 unspecified atom stereocenters. The molecule has 0 heterocycles. The van der Waals surface area contributed by atoms with Crippen molar-refractivity contribution in [2.45, 2.75) is 12.5 Å². The fraction of sp³-hybridized carbons (Fsp3) is 0.238. The Kier molecular flexibility index (Phi) is 7.95. The van der Waals surface area contributed by atoms with E-state index in [4.69, 9.17) is 4.43 Å². The van der Waals surface area contributed by atoms with E-state index < -0.39 is 8.32 Å². The molecule has 3 heteroatoms. The van der Waals surface area contributed by atoms with Gasteiger partial charge in [0, 0.05) is 4.43 Å². The molecule has 1 atom stereocenters. The summed E-state index contributed by atoms with van der Waals surface area (Å²) in [5.74, 6) is 0.569. The quantitative estimate of drug-likeness (QED) is 0.224. The predicted octanol–water partition coefficient (Wildman–Crippen LogP) is 4.58. The van der Waals surface area contributed by atoms with E-state index in [0.29, 0.717) is 12.5 Å². The fourth-order valence-electron chi connectivity index (χ4n) is 3.09. The molecule has 1 nitrogen and oxygen atoms in total. The minimum Gasteiger partial charge on any atom is -0.404 e. The molecule has 0 N–H and O–H groups in total. The highest BCUT2D eigenvalue weighted by molar-refractivity contribution is 14.1. The number of benzene rings is 2. The van der Waals surface area contributed by atoms with E-state index in [1.54, 1.807) is 0 Å². The molecule has 24 heavy (non-hydrogen) atoms. The highest BCUT2D eigenvalue weighted by Crippen LogP contribution is 2.24. The van der Waals surface area contributed by atoms with Gasteiger partial charge in [0.05, 0.1) is 6.61 Å². The van der Waals surface area contributed by atoms with Gasteiger partial charge in [-0.05, 0) is 28.8 Å². The minimum absolute atomic E-state index is 0.569. The third-order valence-electron chi connectivity index (χ3n) is 4.22. The highest BCUT2D eigenvalue weighted by Gasteiger charge is 2.41. The van der Waals surface area contributed by atoms with Gasteiger partial charge in [-0.3, -0.25) is 0 Å². The summed E-state index contributed by atoms with van der Waals surface area (Å²) in [6, 6.07) is 22.6. The van der Waals surface area contributed by atoms with Crippen molar-refractivity contribution in [2.75, 3.05) is 11.0 Å². The molecule has 0 amide bonds. The van der Waals surface area contributed by atoms with Crippen molar-refractivity contribution < 1.29 is 4.43 Å². The van der Waals surface area contributed by atoms with E-state index in [0.717, 1.165) is 16.9 Å². The maximum absolute atomic E-state index is 6.61. The smallest absolute Gasteiger partial charge is 0.256 e. The van der Waals surface area contributed by atoms with Crippen molar-refractivity contribution in [2.24, 2.45) is 5.92 Å². The van der Waals surface area contributed by atoms with Crippen LogP contribution in [0.3, 0.4) is 0 Å². The van der Waals surface area contributed by atoms with E-state index >= 15 is 0 Å². The maximum atomic E-state index is 6.61. The molecule has 0 spiro atoms. The summed E-state index contributed by atoms with van der Waals surface area (Å²) in [6.07, 6.45) is 4.92. The summed E-state index contributed by atoms with van der Waals surface area (Å²) in [6.45, 7) is 8.39. The van der Waals surface area contributed by atoms with E-state index in [1.165, 1.54) is 10.4 Å². The maximum Gasteiger partial charge on any atom is 0.256 e. The molecular weight excluding hydrogens is 423 g/mol. The molecule has 2 aromatic carbocycles. The lowest BCUT2D eigenvalue weighted by Crippen LogP contribution is -2.61. The van der Waals surface area contributed by atoms with Gasteiger partial charge in [0.2, 0.25) is 0 Å². The second-order valence-corrected chi connectivity index (χ2v) is 10.3. The number of rotatable bonds is 10. The van der Waals surface area contributed by atoms with Gasteiger partial charge in [0.15, 0.2) is 0 Å². The van der Waals surface area contributed by atoms with Crippen LogP contribution in [0.4, 0.5) is 0 Å². The number of hydrogen-bond donors (Lipinski definition) is 0. The van der Waals surface area contributed by atoms with Crippen molar-refractivity contribution in [3.8, 4) is 0 Å². The molecule has 0 saturated carbocycles. The van der Waals surface area contributed by atoms with Crippen LogP contribution < -0.4 is 10.4 Å². The molecule has 0 aliphatic carbocycles. The van der Waals surface area contributed by atoms with Crippen molar-refractivity contribution in [1.29, 1.82) is 0 Å². The molecule has 2 rings (SSSR count). The Labute approximate surface area is 160 Å². The topological polar surface area (TPSA) is 9.23 Å². The van der Waals surface area contributed by atoms with Gasteiger partial charge in [-0.1, -0.05) is 95.4 Å². The van der Waals surface area contributed by atoms with Crippen molar-refractivity contribution in [3.63, 3.8) is 0 Å². The third kappa shape index (κ3) is 4.68. The number of allylic oxidation sites excluding steroid dienone is 1. The first kappa shape index (κ1) is 19.2. The fourth-order valence-corrected chi connectivity index (χ4v) is 8.59. The summed E-state index contributed by atoms with van der Waals surface area (Å²) in [5.41, 5.74) is 0. The summed E-state index contributed by atoms with van der Waals surface area (Å²) in [4.78, 5) is 0. The largest absolute Gasteiger partial charge is 0.404 e. The zero-order chi connectivity index (χ0) is 17.3. The molecule has 0 aliphatic heterocycles. The summed E-state index contributed by atoms with van der Waals surface area (Å²) in [5, 5.41) is 2.66. The molecule has 0 radical (unpaired) electrons. The van der Waals surface area contributed by atoms with E-state index in [9.17, 15) is 0 Å². The number of halogens is 1. The number of hydrogen-bond acceptors (Lipinski definition) is 1. The Balaban J connectivity index is 2.54. The third-order valence-corrected chi connectivity index (χ3v) is 9.81. The Bertz CT molecular complexity index is 587. The SMILES string of the molecule is C=CCO[Si](CC(CI)CC=C)(c1ccccc1)c1ccccc1. The number of alkyl halides is 1. The van der Waals surface area contributed by atoms with Gasteiger partial charge in [0.25, 0.3) is 8.32 Å². The molecule has 0 bridgehead atoms. The lowest BCUT2D eigenvalue weighted by molar-refractivity contribution is 0.356. The van der Waals surface area contributed by atoms with Gasteiger partial charge in [-0.2, -0.15) is 0 Å². The molecule has 2 aromatic rings. The van der Waals surface area contributed by atoms with Crippen LogP contribution in [0, 0.1) is 5.92 Å². The standard InChI is InChI=1S/C21H25IOSi/c1-3-11-19(17-22)18-24(23-16-4-2,20-12-7-5-8-13-20)21-14-9-6-10-15-21/h3-10,12-15,19H,1-2,11,16-18H2. The molecule has 0 fully saturated rings. The van der Waals surface area contributed by atoms with Gasteiger partial charge < -0.3 is 4.43 Å². The lowest BCUT2D eigenvalue weighted by Gasteiger charge is -2.34. The van der Waals surface area contributed by atoms with E-state index in [-0.39, 0.29) is 0 Å². The van der Waals surface area contributed by atoms with Crippen LogP contribution in [0.2, 0.25) is 6.04 Å². The molecule has 0 aliphatic rings. The first-order chi connectivity index (χ1) is 11.8. The Morgan fingerprint density at radius 3 is 1.88 bits per heavy atom. The van der Waals surface area contributed by atoms with Gasteiger partial charge in [-0.15, -0.1) is 13.2 Å². The zero-order valence-corrected chi connectivity index (χ0v) is 17.2. The Morgan fingerprint density at radius 1 is 0.917 bits per heavy atom. The first-order valence-corrected chi connectivity index (χ1v) is 11.9. The van der Waals surface area contributed by atoms with Crippen molar-refractivity contribution >= 4 is 41.3 Å². The summed E-state index contributed by atoms with van der Waals surface area (Å²) >= 11 is 2.49. The Morgan fingerprint density at radius 2 is 1.46 bits per heavy atom. The van der Waals surface area contributed by atoms with Crippen LogP contribution in [0.15, 0.2) is 86.0 Å². The van der Waals surface area contributed by atoms with Gasteiger partial charge in [0.1, 0.15) is 0 Å². The monoisotopic (exact) mass is 448 g/mol. The predicted molar refractivity (Wildman–Crippen MR) is 116 cm³/mol. The first-order valence-electron chi connectivity index (χ1n) is 8.29. The van der Waals surface area contributed by atoms with E-state index in [1.807, 2.05) is 12.2 Å². The van der Waals surface area contributed by atoms with Gasteiger partial charge in [-0.25, -0.2) is 0 Å². The molecule has 0 saturated heterocycles. The van der Waals surface area contributed by atoms with Crippen LogP contribution in [0.5, 0.6) is 0 Å². The van der Waals surface area contributed by atoms with Gasteiger partial charge >= 0.3 is 0 Å².